The van der Waals surface area contributed by atoms with Gasteiger partial charge in [-0.1, -0.05) is 0 Å². The van der Waals surface area contributed by atoms with E-state index in [1.165, 1.54) is 0 Å². The van der Waals surface area contributed by atoms with Gasteiger partial charge in [-0.3, -0.25) is 4.90 Å². The van der Waals surface area contributed by atoms with Crippen LogP contribution in [0.15, 0.2) is 0 Å². The van der Waals surface area contributed by atoms with Crippen molar-refractivity contribution in [2.75, 3.05) is 33.4 Å². The van der Waals surface area contributed by atoms with Crippen LogP contribution in [0.3, 0.4) is 0 Å². The van der Waals surface area contributed by atoms with Crippen LogP contribution in [0.25, 0.3) is 0 Å². The van der Waals surface area contributed by atoms with E-state index in [-0.39, 0.29) is 0 Å². The fraction of sp³-hybridized carbons (Fsp3) is 1.00. The number of methoxy groups -OCH3 is 1. The lowest BCUT2D eigenvalue weighted by Gasteiger charge is -2.37. The summed E-state index contributed by atoms with van der Waals surface area (Å²) in [7, 11) is 1.78. The van der Waals surface area contributed by atoms with E-state index in [1.807, 2.05) is 0 Å². The third-order valence-corrected chi connectivity index (χ3v) is 3.81. The van der Waals surface area contributed by atoms with Crippen LogP contribution in [0.4, 0.5) is 0 Å². The first kappa shape index (κ1) is 14.9. The first-order valence-electron chi connectivity index (χ1n) is 6.77. The highest BCUT2D eigenvalue weighted by Gasteiger charge is 2.25. The number of nitrogens with two attached hydrogens (primary N) is 1. The van der Waals surface area contributed by atoms with Gasteiger partial charge in [-0.2, -0.15) is 0 Å². The molecule has 2 unspecified atom stereocenters. The van der Waals surface area contributed by atoms with Gasteiger partial charge in [0.15, 0.2) is 0 Å². The molecular formula is C13H28N2O2. The van der Waals surface area contributed by atoms with Crippen molar-refractivity contribution in [3.05, 3.63) is 0 Å². The van der Waals surface area contributed by atoms with Crippen molar-refractivity contribution in [1.29, 1.82) is 0 Å². The second-order valence-corrected chi connectivity index (χ2v) is 4.93. The van der Waals surface area contributed by atoms with Crippen LogP contribution in [0, 0.1) is 0 Å². The number of hydrogen-bond acceptors (Lipinski definition) is 4. The Bertz CT molecular complexity index is 194. The molecule has 0 bridgehead atoms. The molecule has 4 nitrogen and oxygen atoms in total. The van der Waals surface area contributed by atoms with Crippen LogP contribution in [-0.2, 0) is 9.47 Å². The third kappa shape index (κ3) is 4.92. The van der Waals surface area contributed by atoms with Gasteiger partial charge >= 0.3 is 0 Å². The van der Waals surface area contributed by atoms with Gasteiger partial charge in [0.1, 0.15) is 0 Å². The van der Waals surface area contributed by atoms with Crippen LogP contribution in [0.5, 0.6) is 0 Å². The summed E-state index contributed by atoms with van der Waals surface area (Å²) in [6.45, 7) is 8.13. The second kappa shape index (κ2) is 8.03. The quantitative estimate of drug-likeness (QED) is 0.685. The topological polar surface area (TPSA) is 47.7 Å². The summed E-state index contributed by atoms with van der Waals surface area (Å²) in [4.78, 5) is 2.50. The van der Waals surface area contributed by atoms with Crippen molar-refractivity contribution < 1.29 is 9.47 Å². The van der Waals surface area contributed by atoms with E-state index in [1.54, 1.807) is 7.11 Å². The number of hydrogen-bond donors (Lipinski definition) is 1. The molecule has 2 N–H and O–H groups in total. The molecule has 0 aromatic rings. The van der Waals surface area contributed by atoms with Crippen molar-refractivity contribution in [3.8, 4) is 0 Å². The van der Waals surface area contributed by atoms with Crippen LogP contribution in [0.2, 0.25) is 0 Å². The Morgan fingerprint density at radius 1 is 1.29 bits per heavy atom. The van der Waals surface area contributed by atoms with Gasteiger partial charge in [0.2, 0.25) is 0 Å². The van der Waals surface area contributed by atoms with Crippen molar-refractivity contribution in [3.63, 3.8) is 0 Å². The van der Waals surface area contributed by atoms with E-state index in [0.717, 1.165) is 45.5 Å². The molecule has 0 aromatic heterocycles. The third-order valence-electron chi connectivity index (χ3n) is 3.81. The lowest BCUT2D eigenvalue weighted by molar-refractivity contribution is -0.0251. The Hall–Kier alpha value is -0.160. The first-order valence-corrected chi connectivity index (χ1v) is 6.77. The minimum Gasteiger partial charge on any atom is -0.380 e. The van der Waals surface area contributed by atoms with Crippen molar-refractivity contribution in [2.24, 2.45) is 5.73 Å². The highest BCUT2D eigenvalue weighted by Crippen LogP contribution is 2.18. The van der Waals surface area contributed by atoms with E-state index in [9.17, 15) is 0 Å². The van der Waals surface area contributed by atoms with Gasteiger partial charge in [0.05, 0.1) is 12.2 Å². The first-order chi connectivity index (χ1) is 8.19. The molecule has 1 fully saturated rings. The molecule has 17 heavy (non-hydrogen) atoms. The number of likely N-dealkylation sites (tertiary alicyclic amines) is 1. The summed E-state index contributed by atoms with van der Waals surface area (Å²) in [5.41, 5.74) is 5.45. The van der Waals surface area contributed by atoms with E-state index < -0.39 is 0 Å². The molecule has 0 amide bonds. The fourth-order valence-corrected chi connectivity index (χ4v) is 2.28. The lowest BCUT2D eigenvalue weighted by Crippen LogP contribution is -2.46. The van der Waals surface area contributed by atoms with Crippen LogP contribution in [-0.4, -0.2) is 56.5 Å². The predicted molar refractivity (Wildman–Crippen MR) is 70.2 cm³/mol. The number of nitrogens with zero attached hydrogens (tertiary/aromatic N) is 1. The molecule has 102 valence electrons. The number of piperidine rings is 1. The minimum atomic E-state index is 0.296. The van der Waals surface area contributed by atoms with Crippen molar-refractivity contribution >= 4 is 0 Å². The van der Waals surface area contributed by atoms with Crippen LogP contribution < -0.4 is 5.73 Å². The van der Waals surface area contributed by atoms with Crippen molar-refractivity contribution in [2.45, 2.75) is 51.4 Å². The molecule has 0 radical (unpaired) electrons. The molecule has 1 aliphatic rings. The molecule has 1 saturated heterocycles. The monoisotopic (exact) mass is 244 g/mol. The molecular weight excluding hydrogens is 216 g/mol. The summed E-state index contributed by atoms with van der Waals surface area (Å²) in [6.07, 6.45) is 3.96. The molecule has 2 atom stereocenters. The zero-order valence-electron chi connectivity index (χ0n) is 11.5. The summed E-state index contributed by atoms with van der Waals surface area (Å²) in [5.74, 6) is 0. The zero-order chi connectivity index (χ0) is 12.7. The maximum absolute atomic E-state index is 5.80. The van der Waals surface area contributed by atoms with Crippen LogP contribution >= 0.6 is 0 Å². The Labute approximate surface area is 105 Å². The van der Waals surface area contributed by atoms with E-state index >= 15 is 0 Å². The molecule has 1 rings (SSSR count). The zero-order valence-corrected chi connectivity index (χ0v) is 11.5. The lowest BCUT2D eigenvalue weighted by atomic mass is 10.0. The molecule has 4 heteroatoms. The normalized spacial score (nSPS) is 22.6. The fourth-order valence-electron chi connectivity index (χ4n) is 2.28. The predicted octanol–water partition coefficient (Wildman–Crippen LogP) is 1.24. The Balaban J connectivity index is 2.21. The van der Waals surface area contributed by atoms with Gasteiger partial charge in [-0.05, 0) is 39.7 Å². The number of rotatable bonds is 7. The van der Waals surface area contributed by atoms with E-state index in [4.69, 9.17) is 15.2 Å². The summed E-state index contributed by atoms with van der Waals surface area (Å²) in [6, 6.07) is 0.491. The van der Waals surface area contributed by atoms with Gasteiger partial charge in [-0.15, -0.1) is 0 Å². The van der Waals surface area contributed by atoms with Crippen LogP contribution in [0.1, 0.15) is 33.1 Å². The average Bonchev–Trinajstić information content (AvgIpc) is 2.38. The second-order valence-electron chi connectivity index (χ2n) is 4.93. The summed E-state index contributed by atoms with van der Waals surface area (Å²) >= 11 is 0. The maximum Gasteiger partial charge on any atom is 0.0695 e. The molecule has 0 aliphatic carbocycles. The van der Waals surface area contributed by atoms with Gasteiger partial charge < -0.3 is 15.2 Å². The minimum absolute atomic E-state index is 0.296. The average molecular weight is 244 g/mol. The number of ether oxygens (including phenoxy) is 2. The standard InChI is InChI=1S/C13H28N2O2/c1-11(12(2)16-3)15-8-5-13(6-9-15)17-10-4-7-14/h11-13H,4-10,14H2,1-3H3. The SMILES string of the molecule is COC(C)C(C)N1CCC(OCCCN)CC1. The van der Waals surface area contributed by atoms with Gasteiger partial charge in [0.25, 0.3) is 0 Å². The molecule has 1 heterocycles. The molecule has 0 saturated carbocycles. The Kier molecular flexibility index (Phi) is 7.04. The summed E-state index contributed by atoms with van der Waals surface area (Å²) in [5, 5.41) is 0. The molecule has 1 aliphatic heterocycles. The van der Waals surface area contributed by atoms with Gasteiger partial charge in [-0.25, -0.2) is 0 Å². The van der Waals surface area contributed by atoms with Crippen molar-refractivity contribution in [1.82, 2.24) is 4.90 Å². The highest BCUT2D eigenvalue weighted by atomic mass is 16.5. The summed E-state index contributed by atoms with van der Waals surface area (Å²) < 4.78 is 11.2. The smallest absolute Gasteiger partial charge is 0.0695 e. The van der Waals surface area contributed by atoms with Gasteiger partial charge in [0, 0.05) is 32.8 Å². The van der Waals surface area contributed by atoms with E-state index in [2.05, 4.69) is 18.7 Å². The van der Waals surface area contributed by atoms with E-state index in [0.29, 0.717) is 18.2 Å². The Morgan fingerprint density at radius 3 is 2.47 bits per heavy atom. The molecule has 0 spiro atoms. The Morgan fingerprint density at radius 2 is 1.94 bits per heavy atom. The largest absolute Gasteiger partial charge is 0.380 e. The molecule has 0 aromatic carbocycles. The highest BCUT2D eigenvalue weighted by molar-refractivity contribution is 4.79. The maximum atomic E-state index is 5.80.